The quantitative estimate of drug-likeness (QED) is 0.432. The lowest BCUT2D eigenvalue weighted by Gasteiger charge is -2.12. The van der Waals surface area contributed by atoms with E-state index in [4.69, 9.17) is 10.6 Å². The van der Waals surface area contributed by atoms with Gasteiger partial charge in [0.2, 0.25) is 5.91 Å². The summed E-state index contributed by atoms with van der Waals surface area (Å²) in [5, 5.41) is 15.1. The third kappa shape index (κ3) is 5.97. The van der Waals surface area contributed by atoms with Crippen LogP contribution in [0, 0.1) is 0 Å². The lowest BCUT2D eigenvalue weighted by atomic mass is 10.0. The highest BCUT2D eigenvalue weighted by Crippen LogP contribution is 2.25. The molecule has 0 aliphatic heterocycles. The van der Waals surface area contributed by atoms with Gasteiger partial charge in [-0.05, 0) is 36.1 Å². The van der Waals surface area contributed by atoms with E-state index in [1.165, 1.54) is 0 Å². The summed E-state index contributed by atoms with van der Waals surface area (Å²) in [4.78, 5) is 24.6. The number of carbonyl (C=O) groups excluding carboxylic acids is 1. The standard InChI is InChI=1S/C14H18N4O3/c1-2-13(19)16-11-8-6-10(7-9-11)12(17-18-15)4-3-5-14(20)21/h6-9,12H,2-5H2,1H3,(H,16,19)(H,20,21). The highest BCUT2D eigenvalue weighted by molar-refractivity contribution is 5.90. The molecule has 0 saturated heterocycles. The van der Waals surface area contributed by atoms with Crippen molar-refractivity contribution in [3.63, 3.8) is 0 Å². The number of hydrogen-bond donors (Lipinski definition) is 2. The molecule has 0 aromatic heterocycles. The fraction of sp³-hybridized carbons (Fsp3) is 0.429. The van der Waals surface area contributed by atoms with Crippen LogP contribution in [0.2, 0.25) is 0 Å². The predicted octanol–water partition coefficient (Wildman–Crippen LogP) is 3.64. The van der Waals surface area contributed by atoms with Gasteiger partial charge in [-0.3, -0.25) is 9.59 Å². The minimum absolute atomic E-state index is 0.0437. The number of nitrogens with one attached hydrogen (secondary N) is 1. The SMILES string of the molecule is CCC(=O)Nc1ccc(C(CCCC(=O)O)N=[N+]=[N-])cc1. The normalized spacial score (nSPS) is 11.3. The first kappa shape index (κ1) is 16.5. The summed E-state index contributed by atoms with van der Waals surface area (Å²) < 4.78 is 0. The lowest BCUT2D eigenvalue weighted by Crippen LogP contribution is -2.09. The minimum atomic E-state index is -0.868. The molecule has 0 radical (unpaired) electrons. The molecule has 1 aromatic rings. The zero-order valence-electron chi connectivity index (χ0n) is 11.8. The van der Waals surface area contributed by atoms with Gasteiger partial charge in [-0.25, -0.2) is 0 Å². The van der Waals surface area contributed by atoms with E-state index >= 15 is 0 Å². The van der Waals surface area contributed by atoms with Gasteiger partial charge >= 0.3 is 5.97 Å². The van der Waals surface area contributed by atoms with Crippen LogP contribution in [0.15, 0.2) is 29.4 Å². The Balaban J connectivity index is 2.72. The van der Waals surface area contributed by atoms with Crippen molar-refractivity contribution < 1.29 is 14.7 Å². The summed E-state index contributed by atoms with van der Waals surface area (Å²) in [6.07, 6.45) is 1.35. The van der Waals surface area contributed by atoms with Gasteiger partial charge in [0.15, 0.2) is 0 Å². The number of aliphatic carboxylic acids is 1. The second-order valence-electron chi connectivity index (χ2n) is 4.53. The Morgan fingerprint density at radius 1 is 1.38 bits per heavy atom. The van der Waals surface area contributed by atoms with Crippen LogP contribution in [0.25, 0.3) is 10.4 Å². The molecule has 0 aliphatic rings. The number of carboxylic acid groups (broad SMARTS) is 1. The number of benzene rings is 1. The third-order valence-electron chi connectivity index (χ3n) is 2.96. The van der Waals surface area contributed by atoms with Crippen molar-refractivity contribution in [2.75, 3.05) is 5.32 Å². The molecule has 0 heterocycles. The van der Waals surface area contributed by atoms with Crippen LogP contribution in [0.5, 0.6) is 0 Å². The van der Waals surface area contributed by atoms with Crippen LogP contribution < -0.4 is 5.32 Å². The van der Waals surface area contributed by atoms with E-state index in [0.717, 1.165) is 5.56 Å². The highest BCUT2D eigenvalue weighted by atomic mass is 16.4. The van der Waals surface area contributed by atoms with Gasteiger partial charge in [0, 0.05) is 23.4 Å². The fourth-order valence-electron chi connectivity index (χ4n) is 1.84. The number of hydrogen-bond acceptors (Lipinski definition) is 3. The maximum absolute atomic E-state index is 11.3. The second-order valence-corrected chi connectivity index (χ2v) is 4.53. The summed E-state index contributed by atoms with van der Waals surface area (Å²) in [6, 6.07) is 6.61. The van der Waals surface area contributed by atoms with Crippen LogP contribution >= 0.6 is 0 Å². The summed E-state index contributed by atoms with van der Waals surface area (Å²) in [5.74, 6) is -0.942. The van der Waals surface area contributed by atoms with Crippen molar-refractivity contribution in [2.45, 2.75) is 38.6 Å². The van der Waals surface area contributed by atoms with Gasteiger partial charge in [0.25, 0.3) is 0 Å². The van der Waals surface area contributed by atoms with E-state index in [9.17, 15) is 9.59 Å². The molecule has 1 amide bonds. The molecule has 1 aromatic carbocycles. The fourth-order valence-corrected chi connectivity index (χ4v) is 1.84. The summed E-state index contributed by atoms with van der Waals surface area (Å²) in [6.45, 7) is 1.77. The third-order valence-corrected chi connectivity index (χ3v) is 2.96. The lowest BCUT2D eigenvalue weighted by molar-refractivity contribution is -0.137. The smallest absolute Gasteiger partial charge is 0.303 e. The number of amides is 1. The molecule has 0 spiro atoms. The Bertz CT molecular complexity index is 536. The summed E-state index contributed by atoms with van der Waals surface area (Å²) in [5.41, 5.74) is 10.1. The number of carbonyl (C=O) groups is 2. The monoisotopic (exact) mass is 290 g/mol. The molecule has 7 nitrogen and oxygen atoms in total. The van der Waals surface area contributed by atoms with Gasteiger partial charge in [-0.1, -0.05) is 24.2 Å². The van der Waals surface area contributed by atoms with Crippen LogP contribution in [0.3, 0.4) is 0 Å². The molecule has 0 saturated carbocycles. The zero-order valence-corrected chi connectivity index (χ0v) is 11.8. The first-order chi connectivity index (χ1) is 10.1. The highest BCUT2D eigenvalue weighted by Gasteiger charge is 2.11. The predicted molar refractivity (Wildman–Crippen MR) is 78.7 cm³/mol. The number of anilines is 1. The maximum atomic E-state index is 11.3. The Hall–Kier alpha value is -2.53. The molecule has 21 heavy (non-hydrogen) atoms. The van der Waals surface area contributed by atoms with Gasteiger partial charge in [0.05, 0.1) is 6.04 Å². The molecule has 0 fully saturated rings. The molecule has 1 rings (SSSR count). The maximum Gasteiger partial charge on any atom is 0.303 e. The molecule has 1 unspecified atom stereocenters. The van der Waals surface area contributed by atoms with Crippen LogP contribution in [0.4, 0.5) is 5.69 Å². The molecule has 112 valence electrons. The Labute approximate surface area is 122 Å². The Kier molecular flexibility index (Phi) is 6.77. The number of rotatable bonds is 8. The average Bonchev–Trinajstić information content (AvgIpc) is 2.47. The first-order valence-corrected chi connectivity index (χ1v) is 6.72. The van der Waals surface area contributed by atoms with E-state index in [-0.39, 0.29) is 12.3 Å². The van der Waals surface area contributed by atoms with Crippen LogP contribution in [-0.2, 0) is 9.59 Å². The number of azide groups is 1. The van der Waals surface area contributed by atoms with Gasteiger partial charge in [-0.15, -0.1) is 0 Å². The largest absolute Gasteiger partial charge is 0.481 e. The van der Waals surface area contributed by atoms with E-state index < -0.39 is 12.0 Å². The van der Waals surface area contributed by atoms with E-state index in [1.807, 2.05) is 0 Å². The summed E-state index contributed by atoms with van der Waals surface area (Å²) >= 11 is 0. The van der Waals surface area contributed by atoms with Crippen molar-refractivity contribution in [3.8, 4) is 0 Å². The molecule has 1 atom stereocenters. The first-order valence-electron chi connectivity index (χ1n) is 6.72. The molecule has 2 N–H and O–H groups in total. The van der Waals surface area contributed by atoms with Crippen molar-refractivity contribution in [1.82, 2.24) is 0 Å². The van der Waals surface area contributed by atoms with E-state index in [1.54, 1.807) is 31.2 Å². The van der Waals surface area contributed by atoms with Crippen molar-refractivity contribution in [2.24, 2.45) is 5.11 Å². The molecule has 0 aliphatic carbocycles. The summed E-state index contributed by atoms with van der Waals surface area (Å²) in [7, 11) is 0. The Morgan fingerprint density at radius 3 is 2.57 bits per heavy atom. The van der Waals surface area contributed by atoms with Gasteiger partial charge in [-0.2, -0.15) is 0 Å². The molecule has 7 heteroatoms. The average molecular weight is 290 g/mol. The number of carboxylic acids is 1. The van der Waals surface area contributed by atoms with Crippen LogP contribution in [-0.4, -0.2) is 17.0 Å². The van der Waals surface area contributed by atoms with E-state index in [0.29, 0.717) is 24.9 Å². The molecular formula is C14H18N4O3. The van der Waals surface area contributed by atoms with Gasteiger partial charge < -0.3 is 10.4 Å². The van der Waals surface area contributed by atoms with Crippen molar-refractivity contribution >= 4 is 17.6 Å². The van der Waals surface area contributed by atoms with Crippen LogP contribution in [0.1, 0.15) is 44.2 Å². The topological polar surface area (TPSA) is 115 Å². The minimum Gasteiger partial charge on any atom is -0.481 e. The molecule has 0 bridgehead atoms. The molecular weight excluding hydrogens is 272 g/mol. The second kappa shape index (κ2) is 8.60. The zero-order chi connectivity index (χ0) is 15.7. The Morgan fingerprint density at radius 2 is 2.05 bits per heavy atom. The van der Waals surface area contributed by atoms with Crippen molar-refractivity contribution in [3.05, 3.63) is 40.3 Å². The van der Waals surface area contributed by atoms with Gasteiger partial charge in [0.1, 0.15) is 0 Å². The van der Waals surface area contributed by atoms with E-state index in [2.05, 4.69) is 15.3 Å². The number of nitrogens with zero attached hydrogens (tertiary/aromatic N) is 3. The van der Waals surface area contributed by atoms with Crippen molar-refractivity contribution in [1.29, 1.82) is 0 Å².